The molecule has 98 valence electrons. The molecule has 1 amide bonds. The second-order valence-corrected chi connectivity index (χ2v) is 5.31. The lowest BCUT2D eigenvalue weighted by Gasteiger charge is -2.26. The minimum atomic E-state index is 0.242. The summed E-state index contributed by atoms with van der Waals surface area (Å²) in [6.07, 6.45) is 6.44. The van der Waals surface area contributed by atoms with E-state index in [1.165, 1.54) is 45.2 Å². The highest BCUT2D eigenvalue weighted by atomic mass is 16.2. The number of hydrogen-bond donors (Lipinski definition) is 1. The van der Waals surface area contributed by atoms with Crippen LogP contribution in [0.5, 0.6) is 0 Å². The summed E-state index contributed by atoms with van der Waals surface area (Å²) in [5.41, 5.74) is 0. The van der Waals surface area contributed by atoms with E-state index in [4.69, 9.17) is 0 Å². The molecule has 0 aromatic heterocycles. The van der Waals surface area contributed by atoms with E-state index in [1.807, 2.05) is 11.9 Å². The Morgan fingerprint density at radius 2 is 2.00 bits per heavy atom. The smallest absolute Gasteiger partial charge is 0.236 e. The molecule has 0 aromatic carbocycles. The van der Waals surface area contributed by atoms with Gasteiger partial charge in [0.2, 0.25) is 5.91 Å². The van der Waals surface area contributed by atoms with Gasteiger partial charge in [0.05, 0.1) is 6.54 Å². The van der Waals surface area contributed by atoms with Gasteiger partial charge in [-0.3, -0.25) is 4.79 Å². The SMILES string of the molecule is CN(C(=O)CNCCN1CCCCC1)C1CC1. The predicted molar refractivity (Wildman–Crippen MR) is 69.0 cm³/mol. The number of nitrogens with zero attached hydrogens (tertiary/aromatic N) is 2. The van der Waals surface area contributed by atoms with Crippen LogP contribution in [0.3, 0.4) is 0 Å². The maximum absolute atomic E-state index is 11.7. The maximum atomic E-state index is 11.7. The zero-order valence-electron chi connectivity index (χ0n) is 11.0. The van der Waals surface area contributed by atoms with Crippen molar-refractivity contribution in [1.29, 1.82) is 0 Å². The largest absolute Gasteiger partial charge is 0.342 e. The van der Waals surface area contributed by atoms with E-state index in [2.05, 4.69) is 10.2 Å². The Bertz CT molecular complexity index is 247. The molecule has 0 radical (unpaired) electrons. The van der Waals surface area contributed by atoms with Crippen molar-refractivity contribution in [1.82, 2.24) is 15.1 Å². The summed E-state index contributed by atoms with van der Waals surface area (Å²) in [6, 6.07) is 0.534. The number of carbonyl (C=O) groups excluding carboxylic acids is 1. The van der Waals surface area contributed by atoms with Crippen molar-refractivity contribution in [2.24, 2.45) is 0 Å². The van der Waals surface area contributed by atoms with E-state index < -0.39 is 0 Å². The van der Waals surface area contributed by atoms with Crippen LogP contribution in [0.25, 0.3) is 0 Å². The Morgan fingerprint density at radius 3 is 2.65 bits per heavy atom. The molecule has 1 saturated carbocycles. The van der Waals surface area contributed by atoms with Gasteiger partial charge in [0.15, 0.2) is 0 Å². The molecule has 2 fully saturated rings. The first kappa shape index (κ1) is 12.8. The highest BCUT2D eigenvalue weighted by molar-refractivity contribution is 5.78. The molecule has 2 aliphatic rings. The summed E-state index contributed by atoms with van der Waals surface area (Å²) >= 11 is 0. The topological polar surface area (TPSA) is 35.6 Å². The molecule has 17 heavy (non-hydrogen) atoms. The molecular weight excluding hydrogens is 214 g/mol. The van der Waals surface area contributed by atoms with Gasteiger partial charge in [-0.05, 0) is 38.8 Å². The molecule has 1 aliphatic carbocycles. The van der Waals surface area contributed by atoms with Crippen LogP contribution >= 0.6 is 0 Å². The minimum Gasteiger partial charge on any atom is -0.342 e. The van der Waals surface area contributed by atoms with Gasteiger partial charge in [-0.2, -0.15) is 0 Å². The van der Waals surface area contributed by atoms with Crippen molar-refractivity contribution >= 4 is 5.91 Å². The molecule has 0 unspecified atom stereocenters. The van der Waals surface area contributed by atoms with E-state index in [-0.39, 0.29) is 5.91 Å². The summed E-state index contributed by atoms with van der Waals surface area (Å²) in [5.74, 6) is 0.242. The molecule has 4 nitrogen and oxygen atoms in total. The standard InChI is InChI=1S/C13H25N3O/c1-15(12-5-6-12)13(17)11-14-7-10-16-8-3-2-4-9-16/h12,14H,2-11H2,1H3. The number of likely N-dealkylation sites (tertiary alicyclic amines) is 1. The van der Waals surface area contributed by atoms with E-state index in [0.29, 0.717) is 12.6 Å². The van der Waals surface area contributed by atoms with Crippen LogP contribution in [-0.2, 0) is 4.79 Å². The lowest BCUT2D eigenvalue weighted by atomic mass is 10.1. The number of rotatable bonds is 6. The average molecular weight is 239 g/mol. The van der Waals surface area contributed by atoms with Gasteiger partial charge in [-0.25, -0.2) is 0 Å². The van der Waals surface area contributed by atoms with Gasteiger partial charge in [-0.1, -0.05) is 6.42 Å². The molecule has 0 bridgehead atoms. The van der Waals surface area contributed by atoms with Crippen molar-refractivity contribution in [2.45, 2.75) is 38.1 Å². The van der Waals surface area contributed by atoms with Crippen molar-refractivity contribution in [2.75, 3.05) is 39.8 Å². The third-order valence-corrected chi connectivity index (χ3v) is 3.82. The fraction of sp³-hybridized carbons (Fsp3) is 0.923. The number of carbonyl (C=O) groups is 1. The van der Waals surface area contributed by atoms with Crippen LogP contribution in [0.4, 0.5) is 0 Å². The summed E-state index contributed by atoms with van der Waals surface area (Å²) in [7, 11) is 1.92. The molecule has 2 rings (SSSR count). The summed E-state index contributed by atoms with van der Waals surface area (Å²) in [5, 5.41) is 3.26. The van der Waals surface area contributed by atoms with Crippen molar-refractivity contribution in [3.8, 4) is 0 Å². The Kier molecular flexibility index (Phi) is 4.80. The first-order chi connectivity index (χ1) is 8.27. The molecule has 4 heteroatoms. The Morgan fingerprint density at radius 1 is 1.29 bits per heavy atom. The second-order valence-electron chi connectivity index (χ2n) is 5.31. The van der Waals surface area contributed by atoms with Gasteiger partial charge in [0, 0.05) is 26.2 Å². The second kappa shape index (κ2) is 6.36. The van der Waals surface area contributed by atoms with Gasteiger partial charge in [0.1, 0.15) is 0 Å². The minimum absolute atomic E-state index is 0.242. The molecule has 0 atom stereocenters. The number of piperidine rings is 1. The highest BCUT2D eigenvalue weighted by Gasteiger charge is 2.28. The van der Waals surface area contributed by atoms with Gasteiger partial charge in [0.25, 0.3) is 0 Å². The summed E-state index contributed by atoms with van der Waals surface area (Å²) in [6.45, 7) is 4.99. The Balaban J connectivity index is 1.51. The van der Waals surface area contributed by atoms with Crippen LogP contribution in [0.1, 0.15) is 32.1 Å². The predicted octanol–water partition coefficient (Wildman–Crippen LogP) is 0.683. The average Bonchev–Trinajstić information content (AvgIpc) is 3.19. The summed E-state index contributed by atoms with van der Waals surface area (Å²) in [4.78, 5) is 16.1. The molecule has 0 spiro atoms. The van der Waals surface area contributed by atoms with Crippen molar-refractivity contribution in [3.63, 3.8) is 0 Å². The first-order valence-corrected chi connectivity index (χ1v) is 6.96. The van der Waals surface area contributed by atoms with E-state index >= 15 is 0 Å². The highest BCUT2D eigenvalue weighted by Crippen LogP contribution is 2.24. The number of nitrogens with one attached hydrogen (secondary N) is 1. The van der Waals surface area contributed by atoms with Crippen molar-refractivity contribution < 1.29 is 4.79 Å². The molecule has 1 heterocycles. The Labute approximate surface area is 104 Å². The lowest BCUT2D eigenvalue weighted by molar-refractivity contribution is -0.129. The van der Waals surface area contributed by atoms with Gasteiger partial charge in [-0.15, -0.1) is 0 Å². The van der Waals surface area contributed by atoms with Crippen LogP contribution in [0.15, 0.2) is 0 Å². The van der Waals surface area contributed by atoms with Crippen LogP contribution in [0.2, 0.25) is 0 Å². The maximum Gasteiger partial charge on any atom is 0.236 e. The van der Waals surface area contributed by atoms with E-state index in [1.54, 1.807) is 0 Å². The lowest BCUT2D eigenvalue weighted by Crippen LogP contribution is -2.40. The van der Waals surface area contributed by atoms with Crippen LogP contribution < -0.4 is 5.32 Å². The third kappa shape index (κ3) is 4.28. The first-order valence-electron chi connectivity index (χ1n) is 6.96. The quantitative estimate of drug-likeness (QED) is 0.693. The monoisotopic (exact) mass is 239 g/mol. The normalized spacial score (nSPS) is 21.5. The van der Waals surface area contributed by atoms with Crippen LogP contribution in [0, 0.1) is 0 Å². The molecule has 0 aromatic rings. The van der Waals surface area contributed by atoms with Crippen molar-refractivity contribution in [3.05, 3.63) is 0 Å². The molecule has 1 aliphatic heterocycles. The van der Waals surface area contributed by atoms with Gasteiger partial charge >= 0.3 is 0 Å². The van der Waals surface area contributed by atoms with E-state index in [0.717, 1.165) is 13.1 Å². The third-order valence-electron chi connectivity index (χ3n) is 3.82. The number of hydrogen-bond acceptors (Lipinski definition) is 3. The molecule has 1 saturated heterocycles. The zero-order valence-corrected chi connectivity index (χ0v) is 11.0. The fourth-order valence-corrected chi connectivity index (χ4v) is 2.41. The molecular formula is C13H25N3O. The fourth-order valence-electron chi connectivity index (χ4n) is 2.41. The van der Waals surface area contributed by atoms with Crippen LogP contribution in [-0.4, -0.2) is 61.5 Å². The van der Waals surface area contributed by atoms with Gasteiger partial charge < -0.3 is 15.1 Å². The van der Waals surface area contributed by atoms with E-state index in [9.17, 15) is 4.79 Å². The summed E-state index contributed by atoms with van der Waals surface area (Å²) < 4.78 is 0. The Hall–Kier alpha value is -0.610. The zero-order chi connectivity index (χ0) is 12.1. The molecule has 1 N–H and O–H groups in total. The number of amides is 1. The number of likely N-dealkylation sites (N-methyl/N-ethyl adjacent to an activating group) is 1.